The van der Waals surface area contributed by atoms with Gasteiger partial charge in [-0.3, -0.25) is 4.79 Å². The molecule has 0 radical (unpaired) electrons. The van der Waals surface area contributed by atoms with Gasteiger partial charge < -0.3 is 15.3 Å². The molecule has 0 atom stereocenters. The van der Waals surface area contributed by atoms with Crippen LogP contribution in [0.1, 0.15) is 41.0 Å². The van der Waals surface area contributed by atoms with Crippen LogP contribution in [0.15, 0.2) is 12.7 Å². The molecule has 0 saturated carbocycles. The van der Waals surface area contributed by atoms with Crippen molar-refractivity contribution in [1.82, 2.24) is 10.2 Å². The smallest absolute Gasteiger partial charge is 0.323 e. The molecule has 0 aromatic carbocycles. The summed E-state index contributed by atoms with van der Waals surface area (Å²) in [5.41, 5.74) is -0.319. The summed E-state index contributed by atoms with van der Waals surface area (Å²) in [7, 11) is 0. The van der Waals surface area contributed by atoms with Crippen LogP contribution in [0.5, 0.6) is 0 Å². The maximum atomic E-state index is 12.1. The Hall–Kier alpha value is -1.52. The average molecular weight is 270 g/mol. The third-order valence-electron chi connectivity index (χ3n) is 2.38. The second-order valence-electron chi connectivity index (χ2n) is 6.61. The van der Waals surface area contributed by atoms with Crippen molar-refractivity contribution in [2.45, 2.75) is 46.6 Å². The van der Waals surface area contributed by atoms with Crippen molar-refractivity contribution in [2.24, 2.45) is 5.41 Å². The summed E-state index contributed by atoms with van der Waals surface area (Å²) < 4.78 is 0. The average Bonchev–Trinajstić information content (AvgIpc) is 2.11. The summed E-state index contributed by atoms with van der Waals surface area (Å²) in [4.78, 5) is 24.0. The zero-order valence-electron chi connectivity index (χ0n) is 12.6. The molecule has 0 aliphatic heterocycles. The standard InChI is InChI=1S/C14H26N2O3/c1-7-8-16(9-11(17)18)12(19)15-14(5,6)10-13(2,3)4/h7H,1,8-10H2,2-6H3,(H,15,19)(H,17,18). The van der Waals surface area contributed by atoms with Crippen molar-refractivity contribution in [3.63, 3.8) is 0 Å². The zero-order chi connectivity index (χ0) is 15.3. The molecule has 0 saturated heterocycles. The molecule has 5 nitrogen and oxygen atoms in total. The number of amides is 2. The predicted octanol–water partition coefficient (Wildman–Crippen LogP) is 2.48. The van der Waals surface area contributed by atoms with E-state index in [0.717, 1.165) is 6.42 Å². The van der Waals surface area contributed by atoms with Crippen molar-refractivity contribution in [3.8, 4) is 0 Å². The Morgan fingerprint density at radius 1 is 1.26 bits per heavy atom. The number of carboxylic acid groups (broad SMARTS) is 1. The lowest BCUT2D eigenvalue weighted by molar-refractivity contribution is -0.137. The van der Waals surface area contributed by atoms with Gasteiger partial charge in [0.2, 0.25) is 0 Å². The van der Waals surface area contributed by atoms with Gasteiger partial charge in [-0.05, 0) is 25.7 Å². The van der Waals surface area contributed by atoms with Crippen LogP contribution in [-0.4, -0.2) is 40.6 Å². The lowest BCUT2D eigenvalue weighted by Gasteiger charge is -2.35. The summed E-state index contributed by atoms with van der Waals surface area (Å²) >= 11 is 0. The Morgan fingerprint density at radius 3 is 2.16 bits per heavy atom. The minimum Gasteiger partial charge on any atom is -0.480 e. The van der Waals surface area contributed by atoms with E-state index >= 15 is 0 Å². The van der Waals surface area contributed by atoms with Gasteiger partial charge in [0, 0.05) is 12.1 Å². The van der Waals surface area contributed by atoms with Gasteiger partial charge in [0.15, 0.2) is 0 Å². The van der Waals surface area contributed by atoms with Crippen molar-refractivity contribution < 1.29 is 14.7 Å². The first kappa shape index (κ1) is 17.5. The number of hydrogen-bond donors (Lipinski definition) is 2. The number of carboxylic acids is 1. The SMILES string of the molecule is C=CCN(CC(=O)O)C(=O)NC(C)(C)CC(C)(C)C. The van der Waals surface area contributed by atoms with E-state index in [1.165, 1.54) is 11.0 Å². The highest BCUT2D eigenvalue weighted by atomic mass is 16.4. The molecule has 0 unspecified atom stereocenters. The first-order valence-electron chi connectivity index (χ1n) is 6.37. The largest absolute Gasteiger partial charge is 0.480 e. The lowest BCUT2D eigenvalue weighted by Crippen LogP contribution is -2.52. The van der Waals surface area contributed by atoms with E-state index < -0.39 is 11.5 Å². The van der Waals surface area contributed by atoms with E-state index in [1.54, 1.807) is 0 Å². The van der Waals surface area contributed by atoms with E-state index in [-0.39, 0.29) is 24.5 Å². The second kappa shape index (κ2) is 6.59. The molecule has 0 fully saturated rings. The van der Waals surface area contributed by atoms with Gasteiger partial charge in [-0.2, -0.15) is 0 Å². The summed E-state index contributed by atoms with van der Waals surface area (Å²) in [6.45, 7) is 13.6. The molecule has 0 aliphatic carbocycles. The van der Waals surface area contributed by atoms with Crippen LogP contribution in [0.4, 0.5) is 4.79 Å². The Kier molecular flexibility index (Phi) is 6.06. The highest BCUT2D eigenvalue weighted by Crippen LogP contribution is 2.26. The fourth-order valence-corrected chi connectivity index (χ4v) is 2.28. The minimum absolute atomic E-state index is 0.0762. The molecule has 0 heterocycles. The molecule has 2 N–H and O–H groups in total. The third kappa shape index (κ3) is 8.24. The van der Waals surface area contributed by atoms with Crippen LogP contribution in [0.3, 0.4) is 0 Å². The fourth-order valence-electron chi connectivity index (χ4n) is 2.28. The van der Waals surface area contributed by atoms with Crippen LogP contribution in [0, 0.1) is 5.41 Å². The van der Waals surface area contributed by atoms with Gasteiger partial charge in [0.1, 0.15) is 6.54 Å². The molecule has 0 aromatic heterocycles. The molecular weight excluding hydrogens is 244 g/mol. The Morgan fingerprint density at radius 2 is 1.79 bits per heavy atom. The van der Waals surface area contributed by atoms with Gasteiger partial charge in [-0.25, -0.2) is 4.79 Å². The number of nitrogens with one attached hydrogen (secondary N) is 1. The van der Waals surface area contributed by atoms with Crippen molar-refractivity contribution in [1.29, 1.82) is 0 Å². The summed E-state index contributed by atoms with van der Waals surface area (Å²) in [6.07, 6.45) is 2.31. The third-order valence-corrected chi connectivity index (χ3v) is 2.38. The van der Waals surface area contributed by atoms with E-state index in [0.29, 0.717) is 0 Å². The Balaban J connectivity index is 4.69. The maximum Gasteiger partial charge on any atom is 0.323 e. The molecule has 0 spiro atoms. The molecule has 2 amide bonds. The van der Waals surface area contributed by atoms with Crippen molar-refractivity contribution >= 4 is 12.0 Å². The van der Waals surface area contributed by atoms with Gasteiger partial charge in [-0.1, -0.05) is 26.8 Å². The van der Waals surface area contributed by atoms with Gasteiger partial charge in [-0.15, -0.1) is 6.58 Å². The van der Waals surface area contributed by atoms with E-state index in [2.05, 4.69) is 32.7 Å². The highest BCUT2D eigenvalue weighted by Gasteiger charge is 2.28. The van der Waals surface area contributed by atoms with Crippen LogP contribution < -0.4 is 5.32 Å². The normalized spacial score (nSPS) is 11.8. The Labute approximate surface area is 115 Å². The minimum atomic E-state index is -1.04. The van der Waals surface area contributed by atoms with Gasteiger partial charge in [0.05, 0.1) is 0 Å². The number of urea groups is 1. The summed E-state index contributed by atoms with van der Waals surface area (Å²) in [5.74, 6) is -1.04. The number of aliphatic carboxylic acids is 1. The first-order chi connectivity index (χ1) is 8.47. The van der Waals surface area contributed by atoms with E-state index in [9.17, 15) is 9.59 Å². The summed E-state index contributed by atoms with van der Waals surface area (Å²) in [6, 6.07) is -0.378. The molecule has 19 heavy (non-hydrogen) atoms. The van der Waals surface area contributed by atoms with E-state index in [4.69, 9.17) is 5.11 Å². The molecule has 0 bridgehead atoms. The quantitative estimate of drug-likeness (QED) is 0.728. The van der Waals surface area contributed by atoms with Crippen molar-refractivity contribution in [2.75, 3.05) is 13.1 Å². The van der Waals surface area contributed by atoms with Crippen LogP contribution >= 0.6 is 0 Å². The maximum absolute atomic E-state index is 12.1. The number of nitrogens with zero attached hydrogens (tertiary/aromatic N) is 1. The molecule has 0 rings (SSSR count). The van der Waals surface area contributed by atoms with Gasteiger partial charge in [0.25, 0.3) is 0 Å². The number of carbonyl (C=O) groups excluding carboxylic acids is 1. The predicted molar refractivity (Wildman–Crippen MR) is 76.1 cm³/mol. The van der Waals surface area contributed by atoms with Crippen molar-refractivity contribution in [3.05, 3.63) is 12.7 Å². The zero-order valence-corrected chi connectivity index (χ0v) is 12.6. The molecule has 5 heteroatoms. The van der Waals surface area contributed by atoms with Crippen LogP contribution in [0.2, 0.25) is 0 Å². The Bertz CT molecular complexity index is 343. The van der Waals surface area contributed by atoms with E-state index in [1.807, 2.05) is 13.8 Å². The molecule has 0 aromatic rings. The molecule has 110 valence electrons. The molecular formula is C14H26N2O3. The first-order valence-corrected chi connectivity index (χ1v) is 6.37. The molecule has 0 aliphatic rings. The van der Waals surface area contributed by atoms with Crippen LogP contribution in [0.25, 0.3) is 0 Å². The summed E-state index contributed by atoms with van der Waals surface area (Å²) in [5, 5.41) is 11.7. The number of rotatable bonds is 6. The monoisotopic (exact) mass is 270 g/mol. The van der Waals surface area contributed by atoms with Gasteiger partial charge >= 0.3 is 12.0 Å². The fraction of sp³-hybridized carbons (Fsp3) is 0.714. The number of hydrogen-bond acceptors (Lipinski definition) is 2. The lowest BCUT2D eigenvalue weighted by atomic mass is 9.82. The second-order valence-corrected chi connectivity index (χ2v) is 6.61. The highest BCUT2D eigenvalue weighted by molar-refractivity contribution is 5.80. The number of carbonyl (C=O) groups is 2. The van der Waals surface area contributed by atoms with Crippen LogP contribution in [-0.2, 0) is 4.79 Å². The topological polar surface area (TPSA) is 69.6 Å².